The summed E-state index contributed by atoms with van der Waals surface area (Å²) < 4.78 is 0. The summed E-state index contributed by atoms with van der Waals surface area (Å²) >= 11 is 6.75. The van der Waals surface area contributed by atoms with E-state index >= 15 is 0 Å². The molecule has 2 aliphatic heterocycles. The van der Waals surface area contributed by atoms with Crippen molar-refractivity contribution in [3.63, 3.8) is 0 Å². The fourth-order valence-electron chi connectivity index (χ4n) is 7.19. The Hall–Kier alpha value is -4.59. The number of nitriles is 1. The molecule has 6 rings (SSSR count). The van der Waals surface area contributed by atoms with Crippen molar-refractivity contribution in [1.82, 2.24) is 19.8 Å². The van der Waals surface area contributed by atoms with Gasteiger partial charge in [-0.15, -0.1) is 0 Å². The number of nitrogens with one attached hydrogen (secondary N) is 1. The van der Waals surface area contributed by atoms with Crippen LogP contribution < -0.4 is 5.32 Å². The molecule has 2 aromatic heterocycles. The monoisotopic (exact) mass is 704 g/mol. The van der Waals surface area contributed by atoms with Gasteiger partial charge in [0.2, 0.25) is 0 Å². The Labute approximate surface area is 305 Å². The second-order valence-corrected chi connectivity index (χ2v) is 14.6. The molecule has 2 fully saturated rings. The number of likely N-dealkylation sites (tertiary alicyclic amines) is 2. The van der Waals surface area contributed by atoms with E-state index in [1.54, 1.807) is 13.1 Å². The van der Waals surface area contributed by atoms with Crippen LogP contribution in [0.25, 0.3) is 23.3 Å². The Morgan fingerprint density at radius 3 is 2.67 bits per heavy atom. The molecule has 2 unspecified atom stereocenters. The van der Waals surface area contributed by atoms with Gasteiger partial charge in [0.05, 0.1) is 35.0 Å². The molecule has 3 N–H and O–H groups in total. The predicted octanol–water partition coefficient (Wildman–Crippen LogP) is 7.49. The number of aliphatic hydroxyl groups is 1. The lowest BCUT2D eigenvalue weighted by Gasteiger charge is -2.24. The highest BCUT2D eigenvalue weighted by Crippen LogP contribution is 2.34. The molecule has 2 aromatic carbocycles. The number of benzene rings is 2. The van der Waals surface area contributed by atoms with Gasteiger partial charge in [-0.05, 0) is 111 Å². The SMILES string of the molecule is Cc1cc(/C=C/c2nccc(-c3cccc(NCc4ccc(C(C)N5CC[C@@H](O)C5)cn4)c3C)c2C#N)c(Cl)cc1CN1CCC(C)(C(=O)O)C1. The molecule has 264 valence electrons. The average Bonchev–Trinajstić information content (AvgIpc) is 3.74. The van der Waals surface area contributed by atoms with Crippen LogP contribution in [0.15, 0.2) is 60.9 Å². The van der Waals surface area contributed by atoms with Crippen LogP contribution in [-0.4, -0.2) is 68.2 Å². The Morgan fingerprint density at radius 2 is 1.98 bits per heavy atom. The molecule has 51 heavy (non-hydrogen) atoms. The highest BCUT2D eigenvalue weighted by molar-refractivity contribution is 6.32. The minimum absolute atomic E-state index is 0.206. The number of aliphatic carboxylic acids is 1. The topological polar surface area (TPSA) is 126 Å². The van der Waals surface area contributed by atoms with E-state index in [4.69, 9.17) is 16.6 Å². The van der Waals surface area contributed by atoms with E-state index in [-0.39, 0.29) is 12.1 Å². The van der Waals surface area contributed by atoms with Crippen LogP contribution in [-0.2, 0) is 17.9 Å². The number of hydrogen-bond donors (Lipinski definition) is 3. The van der Waals surface area contributed by atoms with Crippen LogP contribution in [0.4, 0.5) is 5.69 Å². The molecule has 0 spiro atoms. The lowest BCUT2D eigenvalue weighted by molar-refractivity contribution is -0.147. The standard InChI is InChI=1S/C41H45ClN6O3/c1-26-18-29(37(42)19-31(26)23-47-17-14-41(4,25-47)40(50)51)9-11-39-36(20-43)35(12-15-44-39)34-6-5-7-38(27(34)2)46-22-32-10-8-30(21-45-32)28(3)48-16-13-33(49)24-48/h5-12,15,18-19,21,28,33,46,49H,13-14,16-17,22-25H2,1-4H3,(H,50,51)/b11-9+/t28?,33-,41?/m1/s1. The number of carboxylic acid groups (broad SMARTS) is 1. The average molecular weight is 705 g/mol. The molecule has 0 amide bonds. The number of nitrogens with zero attached hydrogens (tertiary/aromatic N) is 5. The van der Waals surface area contributed by atoms with Crippen molar-refractivity contribution in [3.05, 3.63) is 111 Å². The first-order valence-electron chi connectivity index (χ1n) is 17.5. The van der Waals surface area contributed by atoms with E-state index in [0.29, 0.717) is 48.9 Å². The van der Waals surface area contributed by atoms with E-state index in [1.165, 1.54) is 0 Å². The number of pyridine rings is 2. The summed E-state index contributed by atoms with van der Waals surface area (Å²) in [4.78, 5) is 25.4. The minimum atomic E-state index is -0.754. The van der Waals surface area contributed by atoms with Crippen LogP contribution in [0.5, 0.6) is 0 Å². The van der Waals surface area contributed by atoms with Gasteiger partial charge in [0.25, 0.3) is 0 Å². The van der Waals surface area contributed by atoms with Crippen molar-refractivity contribution >= 4 is 35.4 Å². The van der Waals surface area contributed by atoms with Crippen LogP contribution in [0.3, 0.4) is 0 Å². The molecule has 0 bridgehead atoms. The van der Waals surface area contributed by atoms with Crippen molar-refractivity contribution < 1.29 is 15.0 Å². The number of carbonyl (C=O) groups is 1. The van der Waals surface area contributed by atoms with Gasteiger partial charge in [0.1, 0.15) is 6.07 Å². The third kappa shape index (κ3) is 8.00. The predicted molar refractivity (Wildman–Crippen MR) is 202 cm³/mol. The number of carboxylic acids is 1. The van der Waals surface area contributed by atoms with Crippen LogP contribution >= 0.6 is 11.6 Å². The van der Waals surface area contributed by atoms with E-state index < -0.39 is 11.4 Å². The number of halogens is 1. The first-order chi connectivity index (χ1) is 24.5. The number of aromatic nitrogens is 2. The molecule has 4 heterocycles. The lowest BCUT2D eigenvalue weighted by Crippen LogP contribution is -2.31. The molecular weight excluding hydrogens is 660 g/mol. The van der Waals surface area contributed by atoms with Gasteiger partial charge in [-0.3, -0.25) is 24.6 Å². The van der Waals surface area contributed by atoms with E-state index in [1.807, 2.05) is 74.7 Å². The smallest absolute Gasteiger partial charge is 0.310 e. The zero-order valence-corrected chi connectivity index (χ0v) is 30.4. The Bertz CT molecular complexity index is 1990. The van der Waals surface area contributed by atoms with Crippen molar-refractivity contribution in [2.75, 3.05) is 31.5 Å². The number of anilines is 1. The maximum Gasteiger partial charge on any atom is 0.310 e. The molecule has 4 aromatic rings. The van der Waals surface area contributed by atoms with Crippen LogP contribution in [0, 0.1) is 30.6 Å². The highest BCUT2D eigenvalue weighted by Gasteiger charge is 2.40. The summed E-state index contributed by atoms with van der Waals surface area (Å²) in [5.41, 5.74) is 9.03. The van der Waals surface area contributed by atoms with Crippen molar-refractivity contribution in [2.24, 2.45) is 5.41 Å². The molecule has 2 aliphatic rings. The Morgan fingerprint density at radius 1 is 1.16 bits per heavy atom. The maximum absolute atomic E-state index is 11.7. The zero-order valence-electron chi connectivity index (χ0n) is 29.7. The first-order valence-corrected chi connectivity index (χ1v) is 17.9. The van der Waals surface area contributed by atoms with E-state index in [0.717, 1.165) is 69.8 Å². The second kappa shape index (κ2) is 15.3. The molecular formula is C41H45ClN6O3. The fraction of sp³-hybridized carbons (Fsp3) is 0.366. The highest BCUT2D eigenvalue weighted by atomic mass is 35.5. The number of hydrogen-bond acceptors (Lipinski definition) is 8. The van der Waals surface area contributed by atoms with Gasteiger partial charge in [-0.2, -0.15) is 5.26 Å². The van der Waals surface area contributed by atoms with Gasteiger partial charge in [0.15, 0.2) is 0 Å². The summed E-state index contributed by atoms with van der Waals surface area (Å²) in [7, 11) is 0. The van der Waals surface area contributed by atoms with Crippen molar-refractivity contribution in [1.29, 1.82) is 5.26 Å². The maximum atomic E-state index is 11.7. The lowest BCUT2D eigenvalue weighted by atomic mass is 9.90. The first kappa shape index (κ1) is 36.2. The molecule has 2 saturated heterocycles. The third-order valence-electron chi connectivity index (χ3n) is 10.6. The normalized spacial score (nSPS) is 20.1. The molecule has 3 atom stereocenters. The van der Waals surface area contributed by atoms with Crippen LogP contribution in [0.2, 0.25) is 5.02 Å². The fourth-order valence-corrected chi connectivity index (χ4v) is 7.44. The number of rotatable bonds is 11. The summed E-state index contributed by atoms with van der Waals surface area (Å²) in [6.07, 6.45) is 8.57. The van der Waals surface area contributed by atoms with Crippen LogP contribution in [0.1, 0.15) is 77.5 Å². The molecule has 0 aliphatic carbocycles. The minimum Gasteiger partial charge on any atom is -0.481 e. The van der Waals surface area contributed by atoms with Gasteiger partial charge in [0, 0.05) is 60.9 Å². The summed E-state index contributed by atoms with van der Waals surface area (Å²) in [5.74, 6) is -0.754. The Balaban J connectivity index is 1.16. The quantitative estimate of drug-likeness (QED) is 0.146. The van der Waals surface area contributed by atoms with Crippen molar-refractivity contribution in [2.45, 2.75) is 65.8 Å². The Kier molecular flexibility index (Phi) is 10.9. The van der Waals surface area contributed by atoms with Gasteiger partial charge < -0.3 is 15.5 Å². The van der Waals surface area contributed by atoms with Crippen molar-refractivity contribution in [3.8, 4) is 17.2 Å². The largest absolute Gasteiger partial charge is 0.481 e. The van der Waals surface area contributed by atoms with Gasteiger partial charge in [-0.1, -0.05) is 41.9 Å². The molecule has 10 heteroatoms. The third-order valence-corrected chi connectivity index (χ3v) is 10.9. The number of β-amino-alcohol motifs (C(OH)–C–C–N with tert-alkyl or cyclic N) is 1. The number of aryl methyl sites for hydroxylation is 1. The summed E-state index contributed by atoms with van der Waals surface area (Å²) in [5, 5.41) is 34.0. The number of aliphatic hydroxyl groups excluding tert-OH is 1. The summed E-state index contributed by atoms with van der Waals surface area (Å²) in [6.45, 7) is 12.1. The zero-order chi connectivity index (χ0) is 36.3. The van der Waals surface area contributed by atoms with E-state index in [2.05, 4.69) is 39.2 Å². The molecule has 9 nitrogen and oxygen atoms in total. The van der Waals surface area contributed by atoms with E-state index in [9.17, 15) is 20.3 Å². The van der Waals surface area contributed by atoms with Gasteiger partial charge in [-0.25, -0.2) is 0 Å². The summed E-state index contributed by atoms with van der Waals surface area (Å²) in [6, 6.07) is 18.6. The molecule has 0 saturated carbocycles. The van der Waals surface area contributed by atoms with Gasteiger partial charge >= 0.3 is 5.97 Å². The second-order valence-electron chi connectivity index (χ2n) is 14.2. The molecule has 0 radical (unpaired) electrons.